The SMILES string of the molecule is CNc1ncc([N+](=O)[O-])c(NC(C)CN2CCCC2)n1. The van der Waals surface area contributed by atoms with Gasteiger partial charge in [-0.25, -0.2) is 4.98 Å². The molecule has 20 heavy (non-hydrogen) atoms. The average molecular weight is 280 g/mol. The van der Waals surface area contributed by atoms with Gasteiger partial charge >= 0.3 is 5.69 Å². The summed E-state index contributed by atoms with van der Waals surface area (Å²) in [6, 6.07) is 0.0893. The summed E-state index contributed by atoms with van der Waals surface area (Å²) in [5.74, 6) is 0.632. The first kappa shape index (κ1) is 14.4. The lowest BCUT2D eigenvalue weighted by molar-refractivity contribution is -0.384. The normalized spacial score (nSPS) is 16.9. The predicted octanol–water partition coefficient (Wildman–Crippen LogP) is 1.32. The third-order valence-corrected chi connectivity index (χ3v) is 3.30. The maximum absolute atomic E-state index is 11.0. The molecule has 1 aromatic rings. The molecular formula is C12H20N6O2. The van der Waals surface area contributed by atoms with Crippen molar-refractivity contribution >= 4 is 17.5 Å². The molecule has 0 saturated carbocycles. The van der Waals surface area contributed by atoms with E-state index in [0.29, 0.717) is 5.95 Å². The zero-order valence-electron chi connectivity index (χ0n) is 11.8. The fraction of sp³-hybridized carbons (Fsp3) is 0.667. The Bertz CT molecular complexity index is 475. The highest BCUT2D eigenvalue weighted by Gasteiger charge is 2.20. The molecule has 8 heteroatoms. The number of hydrogen-bond acceptors (Lipinski definition) is 7. The Balaban J connectivity index is 2.07. The highest BCUT2D eigenvalue weighted by Crippen LogP contribution is 2.22. The molecule has 0 amide bonds. The van der Waals surface area contributed by atoms with Crippen molar-refractivity contribution in [1.82, 2.24) is 14.9 Å². The lowest BCUT2D eigenvalue weighted by atomic mass is 10.3. The minimum atomic E-state index is -0.468. The number of nitrogens with one attached hydrogen (secondary N) is 2. The van der Waals surface area contributed by atoms with Crippen LogP contribution in [0.15, 0.2) is 6.20 Å². The predicted molar refractivity (Wildman–Crippen MR) is 77.0 cm³/mol. The van der Waals surface area contributed by atoms with E-state index < -0.39 is 4.92 Å². The average Bonchev–Trinajstić information content (AvgIpc) is 2.90. The molecule has 2 heterocycles. The number of anilines is 2. The van der Waals surface area contributed by atoms with Crippen molar-refractivity contribution in [3.8, 4) is 0 Å². The van der Waals surface area contributed by atoms with Gasteiger partial charge in [0.25, 0.3) is 0 Å². The first-order valence-corrected chi connectivity index (χ1v) is 6.78. The minimum Gasteiger partial charge on any atom is -0.360 e. The highest BCUT2D eigenvalue weighted by molar-refractivity contribution is 5.57. The highest BCUT2D eigenvalue weighted by atomic mass is 16.6. The summed E-state index contributed by atoms with van der Waals surface area (Å²) in [7, 11) is 1.68. The first-order chi connectivity index (χ1) is 9.60. The van der Waals surface area contributed by atoms with Crippen LogP contribution in [0.5, 0.6) is 0 Å². The smallest absolute Gasteiger partial charge is 0.329 e. The van der Waals surface area contributed by atoms with Gasteiger partial charge in [-0.05, 0) is 32.9 Å². The molecule has 0 bridgehead atoms. The molecule has 0 radical (unpaired) electrons. The Labute approximate surface area is 117 Å². The van der Waals surface area contributed by atoms with Gasteiger partial charge in [0.2, 0.25) is 11.8 Å². The maximum atomic E-state index is 11.0. The summed E-state index contributed by atoms with van der Waals surface area (Å²) in [5, 5.41) is 16.9. The van der Waals surface area contributed by atoms with Crippen molar-refractivity contribution in [2.24, 2.45) is 0 Å². The molecule has 2 rings (SSSR count). The number of rotatable bonds is 6. The van der Waals surface area contributed by atoms with Crippen LogP contribution in [0, 0.1) is 10.1 Å². The van der Waals surface area contributed by atoms with Crippen LogP contribution in [0.1, 0.15) is 19.8 Å². The van der Waals surface area contributed by atoms with Crippen LogP contribution in [0.2, 0.25) is 0 Å². The van der Waals surface area contributed by atoms with E-state index >= 15 is 0 Å². The van der Waals surface area contributed by atoms with Crippen LogP contribution in [0.25, 0.3) is 0 Å². The second-order valence-electron chi connectivity index (χ2n) is 4.99. The van der Waals surface area contributed by atoms with Crippen LogP contribution in [-0.2, 0) is 0 Å². The second kappa shape index (κ2) is 6.47. The first-order valence-electron chi connectivity index (χ1n) is 6.78. The third kappa shape index (κ3) is 3.53. The Morgan fingerprint density at radius 1 is 1.50 bits per heavy atom. The lowest BCUT2D eigenvalue weighted by Crippen LogP contribution is -2.33. The van der Waals surface area contributed by atoms with Crippen LogP contribution in [0.4, 0.5) is 17.5 Å². The van der Waals surface area contributed by atoms with E-state index in [2.05, 4.69) is 25.5 Å². The number of likely N-dealkylation sites (tertiary alicyclic amines) is 1. The second-order valence-corrected chi connectivity index (χ2v) is 4.99. The van der Waals surface area contributed by atoms with E-state index in [0.717, 1.165) is 19.6 Å². The molecular weight excluding hydrogens is 260 g/mol. The van der Waals surface area contributed by atoms with Crippen molar-refractivity contribution < 1.29 is 4.92 Å². The Hall–Kier alpha value is -1.96. The van der Waals surface area contributed by atoms with Gasteiger partial charge in [0.05, 0.1) is 4.92 Å². The van der Waals surface area contributed by atoms with Gasteiger partial charge in [0.1, 0.15) is 6.20 Å². The molecule has 1 aliphatic rings. The van der Waals surface area contributed by atoms with E-state index in [1.54, 1.807) is 7.05 Å². The Kier molecular flexibility index (Phi) is 4.67. The largest absolute Gasteiger partial charge is 0.360 e. The van der Waals surface area contributed by atoms with Crippen molar-refractivity contribution in [1.29, 1.82) is 0 Å². The molecule has 1 fully saturated rings. The van der Waals surface area contributed by atoms with Gasteiger partial charge < -0.3 is 15.5 Å². The standard InChI is InChI=1S/C12H20N6O2/c1-9(8-17-5-3-4-6-17)15-11-10(18(19)20)7-14-12(13-2)16-11/h7,9H,3-6,8H2,1-2H3,(H2,13,14,15,16). The molecule has 1 saturated heterocycles. The van der Waals surface area contributed by atoms with Gasteiger partial charge in [-0.2, -0.15) is 4.98 Å². The van der Waals surface area contributed by atoms with Crippen LogP contribution in [0.3, 0.4) is 0 Å². The fourth-order valence-electron chi connectivity index (χ4n) is 2.37. The maximum Gasteiger partial charge on any atom is 0.329 e. The third-order valence-electron chi connectivity index (χ3n) is 3.30. The van der Waals surface area contributed by atoms with E-state index in [4.69, 9.17) is 0 Å². The van der Waals surface area contributed by atoms with Crippen molar-refractivity contribution in [3.05, 3.63) is 16.3 Å². The Morgan fingerprint density at radius 2 is 2.20 bits per heavy atom. The van der Waals surface area contributed by atoms with E-state index in [1.165, 1.54) is 19.0 Å². The van der Waals surface area contributed by atoms with Gasteiger partial charge in [0.15, 0.2) is 0 Å². The van der Waals surface area contributed by atoms with E-state index in [1.807, 2.05) is 6.92 Å². The lowest BCUT2D eigenvalue weighted by Gasteiger charge is -2.21. The van der Waals surface area contributed by atoms with E-state index in [9.17, 15) is 10.1 Å². The Morgan fingerprint density at radius 3 is 2.80 bits per heavy atom. The summed E-state index contributed by atoms with van der Waals surface area (Å²) in [6.45, 7) is 5.05. The molecule has 0 aliphatic carbocycles. The van der Waals surface area contributed by atoms with E-state index in [-0.39, 0.29) is 17.5 Å². The number of nitro groups is 1. The molecule has 0 aromatic carbocycles. The zero-order valence-corrected chi connectivity index (χ0v) is 11.8. The van der Waals surface area contributed by atoms with Gasteiger partial charge in [-0.3, -0.25) is 10.1 Å². The monoisotopic (exact) mass is 280 g/mol. The van der Waals surface area contributed by atoms with Crippen molar-refractivity contribution in [2.75, 3.05) is 37.3 Å². The number of hydrogen-bond donors (Lipinski definition) is 2. The fourth-order valence-corrected chi connectivity index (χ4v) is 2.37. The van der Waals surface area contributed by atoms with Crippen LogP contribution in [-0.4, -0.2) is 52.5 Å². The van der Waals surface area contributed by atoms with Crippen LogP contribution < -0.4 is 10.6 Å². The molecule has 2 N–H and O–H groups in total. The molecule has 0 spiro atoms. The van der Waals surface area contributed by atoms with Gasteiger partial charge in [0, 0.05) is 19.6 Å². The number of aromatic nitrogens is 2. The number of nitrogens with zero attached hydrogens (tertiary/aromatic N) is 4. The summed E-state index contributed by atoms with van der Waals surface area (Å²) < 4.78 is 0. The molecule has 1 aliphatic heterocycles. The summed E-state index contributed by atoms with van der Waals surface area (Å²) in [6.07, 6.45) is 3.68. The van der Waals surface area contributed by atoms with Crippen molar-refractivity contribution in [2.45, 2.75) is 25.8 Å². The minimum absolute atomic E-state index is 0.0893. The molecule has 8 nitrogen and oxygen atoms in total. The topological polar surface area (TPSA) is 96.2 Å². The quantitative estimate of drug-likeness (QED) is 0.599. The molecule has 1 unspecified atom stereocenters. The zero-order chi connectivity index (χ0) is 14.5. The van der Waals surface area contributed by atoms with Gasteiger partial charge in [-0.1, -0.05) is 0 Å². The van der Waals surface area contributed by atoms with Crippen LogP contribution >= 0.6 is 0 Å². The molecule has 110 valence electrons. The summed E-state index contributed by atoms with van der Waals surface area (Å²) in [4.78, 5) is 20.9. The summed E-state index contributed by atoms with van der Waals surface area (Å²) in [5.41, 5.74) is -0.0997. The van der Waals surface area contributed by atoms with Crippen molar-refractivity contribution in [3.63, 3.8) is 0 Å². The van der Waals surface area contributed by atoms with Gasteiger partial charge in [-0.15, -0.1) is 0 Å². The molecule has 1 atom stereocenters. The molecule has 1 aromatic heterocycles. The summed E-state index contributed by atoms with van der Waals surface area (Å²) >= 11 is 0.